The zero-order chi connectivity index (χ0) is 39.1. The summed E-state index contributed by atoms with van der Waals surface area (Å²) in [6.07, 6.45) is 0. The third-order valence-electron chi connectivity index (χ3n) is 11.3. The molecule has 0 amide bonds. The maximum atomic E-state index is 6.26. The summed E-state index contributed by atoms with van der Waals surface area (Å²) in [7, 11) is 0. The number of hydrogen-bond acceptors (Lipinski definition) is 3. The van der Waals surface area contributed by atoms with Crippen molar-refractivity contribution in [3.8, 4) is 78.4 Å². The van der Waals surface area contributed by atoms with E-state index in [4.69, 9.17) is 14.4 Å². The van der Waals surface area contributed by atoms with E-state index in [2.05, 4.69) is 188 Å². The van der Waals surface area contributed by atoms with Gasteiger partial charge in [0.05, 0.1) is 11.4 Å². The highest BCUT2D eigenvalue weighted by Gasteiger charge is 2.17. The van der Waals surface area contributed by atoms with Gasteiger partial charge in [-0.2, -0.15) is 0 Å². The Morgan fingerprint density at radius 2 is 0.746 bits per heavy atom. The highest BCUT2D eigenvalue weighted by molar-refractivity contribution is 6.08. The molecule has 0 aliphatic rings. The van der Waals surface area contributed by atoms with Gasteiger partial charge in [0.2, 0.25) is 0 Å². The van der Waals surface area contributed by atoms with Crippen molar-refractivity contribution >= 4 is 32.7 Å². The molecule has 2 heterocycles. The van der Waals surface area contributed by atoms with Gasteiger partial charge in [-0.25, -0.2) is 9.97 Å². The Labute approximate surface area is 342 Å². The Hall–Kier alpha value is -7.88. The monoisotopic (exact) mass is 752 g/mol. The minimum Gasteiger partial charge on any atom is -0.456 e. The highest BCUT2D eigenvalue weighted by atomic mass is 16.3. The number of benzene rings is 9. The summed E-state index contributed by atoms with van der Waals surface area (Å²) in [6.45, 7) is 0. The molecule has 276 valence electrons. The summed E-state index contributed by atoms with van der Waals surface area (Å²) in [4.78, 5) is 10.5. The Morgan fingerprint density at radius 3 is 1.47 bits per heavy atom. The van der Waals surface area contributed by atoms with Gasteiger partial charge in [0.25, 0.3) is 0 Å². The lowest BCUT2D eigenvalue weighted by Gasteiger charge is -2.16. The highest BCUT2D eigenvalue weighted by Crippen LogP contribution is 2.41. The fraction of sp³-hybridized carbons (Fsp3) is 0. The van der Waals surface area contributed by atoms with Crippen LogP contribution in [0.25, 0.3) is 111 Å². The van der Waals surface area contributed by atoms with Crippen molar-refractivity contribution in [1.82, 2.24) is 9.97 Å². The van der Waals surface area contributed by atoms with Gasteiger partial charge in [-0.05, 0) is 104 Å². The van der Waals surface area contributed by atoms with E-state index < -0.39 is 0 Å². The first-order valence-electron chi connectivity index (χ1n) is 20.0. The van der Waals surface area contributed by atoms with Gasteiger partial charge in [0.15, 0.2) is 5.82 Å². The van der Waals surface area contributed by atoms with E-state index in [1.165, 1.54) is 21.9 Å². The van der Waals surface area contributed by atoms with Crippen LogP contribution in [-0.4, -0.2) is 9.97 Å². The zero-order valence-electron chi connectivity index (χ0n) is 32.1. The molecule has 59 heavy (non-hydrogen) atoms. The standard InChI is InChI=1S/C56H36N2O/c1-4-15-37(16-5-1)40-21-14-22-42(31-40)52-36-53(58-56(57-52)39-19-8-3-9-20-39)45-33-43(41-27-30-55-51(35-41)50-25-12-13-26-54(50)59-55)32-44(34-45)47-29-28-46(38-17-6-2-7-18-38)48-23-10-11-24-49(47)48/h1-36H. The van der Waals surface area contributed by atoms with E-state index in [0.717, 1.165) is 83.4 Å². The third kappa shape index (κ3) is 6.45. The number of nitrogens with zero attached hydrogens (tertiary/aromatic N) is 2. The molecule has 0 aliphatic carbocycles. The molecule has 11 aromatic rings. The number of furan rings is 1. The molecule has 3 heteroatoms. The Bertz CT molecular complexity index is 3310. The van der Waals surface area contributed by atoms with Gasteiger partial charge < -0.3 is 4.42 Å². The molecule has 9 aromatic carbocycles. The number of aromatic nitrogens is 2. The molecule has 0 saturated heterocycles. The first-order valence-corrected chi connectivity index (χ1v) is 20.0. The van der Waals surface area contributed by atoms with Crippen LogP contribution in [0.15, 0.2) is 223 Å². The summed E-state index contributed by atoms with van der Waals surface area (Å²) in [5.74, 6) is 0.680. The second-order valence-corrected chi connectivity index (χ2v) is 15.0. The van der Waals surface area contributed by atoms with Crippen LogP contribution >= 0.6 is 0 Å². The molecule has 11 rings (SSSR count). The summed E-state index contributed by atoms with van der Waals surface area (Å²) in [6, 6.07) is 77.1. The predicted molar refractivity (Wildman–Crippen MR) is 245 cm³/mol. The summed E-state index contributed by atoms with van der Waals surface area (Å²) in [5.41, 5.74) is 15.6. The predicted octanol–water partition coefficient (Wildman–Crippen LogP) is 15.2. The molecule has 0 spiro atoms. The molecule has 0 N–H and O–H groups in total. The normalized spacial score (nSPS) is 11.4. The smallest absolute Gasteiger partial charge is 0.160 e. The van der Waals surface area contributed by atoms with Crippen LogP contribution in [0.4, 0.5) is 0 Å². The largest absolute Gasteiger partial charge is 0.456 e. The van der Waals surface area contributed by atoms with Gasteiger partial charge in [0.1, 0.15) is 11.2 Å². The van der Waals surface area contributed by atoms with E-state index in [0.29, 0.717) is 5.82 Å². The maximum Gasteiger partial charge on any atom is 0.160 e. The molecule has 0 fully saturated rings. The number of rotatable bonds is 7. The van der Waals surface area contributed by atoms with E-state index in [9.17, 15) is 0 Å². The lowest BCUT2D eigenvalue weighted by Crippen LogP contribution is -1.97. The van der Waals surface area contributed by atoms with E-state index in [-0.39, 0.29) is 0 Å². The van der Waals surface area contributed by atoms with Crippen molar-refractivity contribution in [3.63, 3.8) is 0 Å². The zero-order valence-corrected chi connectivity index (χ0v) is 32.1. The molecule has 3 nitrogen and oxygen atoms in total. The average molecular weight is 753 g/mol. The van der Waals surface area contributed by atoms with Crippen molar-refractivity contribution in [2.75, 3.05) is 0 Å². The lowest BCUT2D eigenvalue weighted by atomic mass is 9.89. The SMILES string of the molecule is c1ccc(-c2cccc(-c3cc(-c4cc(-c5ccc6oc7ccccc7c6c5)cc(-c5ccc(-c6ccccc6)c6ccccc56)c4)nc(-c4ccccc4)n3)c2)cc1. The lowest BCUT2D eigenvalue weighted by molar-refractivity contribution is 0.669. The van der Waals surface area contributed by atoms with E-state index in [1.54, 1.807) is 0 Å². The van der Waals surface area contributed by atoms with Crippen LogP contribution in [0.1, 0.15) is 0 Å². The molecule has 0 unspecified atom stereocenters. The van der Waals surface area contributed by atoms with Gasteiger partial charge in [0, 0.05) is 27.5 Å². The molecule has 0 saturated carbocycles. The summed E-state index contributed by atoms with van der Waals surface area (Å²) >= 11 is 0. The minimum absolute atomic E-state index is 0.680. The number of hydrogen-bond donors (Lipinski definition) is 0. The minimum atomic E-state index is 0.680. The molecule has 2 aromatic heterocycles. The average Bonchev–Trinajstić information content (AvgIpc) is 3.70. The third-order valence-corrected chi connectivity index (χ3v) is 11.3. The Morgan fingerprint density at radius 1 is 0.254 bits per heavy atom. The van der Waals surface area contributed by atoms with Gasteiger partial charge in [-0.1, -0.05) is 170 Å². The molecular weight excluding hydrogens is 717 g/mol. The first kappa shape index (κ1) is 34.4. The van der Waals surface area contributed by atoms with Gasteiger partial charge >= 0.3 is 0 Å². The quantitative estimate of drug-likeness (QED) is 0.163. The van der Waals surface area contributed by atoms with Crippen LogP contribution in [0, 0.1) is 0 Å². The van der Waals surface area contributed by atoms with Crippen molar-refractivity contribution in [2.45, 2.75) is 0 Å². The van der Waals surface area contributed by atoms with Crippen LogP contribution in [0.3, 0.4) is 0 Å². The van der Waals surface area contributed by atoms with E-state index >= 15 is 0 Å². The summed E-state index contributed by atoms with van der Waals surface area (Å²) in [5, 5.41) is 4.60. The molecule has 0 radical (unpaired) electrons. The maximum absolute atomic E-state index is 6.26. The Kier molecular flexibility index (Phi) is 8.49. The molecular formula is C56H36N2O. The molecule has 0 bridgehead atoms. The summed E-state index contributed by atoms with van der Waals surface area (Å²) < 4.78 is 6.26. The molecule has 0 atom stereocenters. The van der Waals surface area contributed by atoms with Crippen molar-refractivity contribution in [2.24, 2.45) is 0 Å². The fourth-order valence-corrected chi connectivity index (χ4v) is 8.37. The first-order chi connectivity index (χ1) is 29.2. The van der Waals surface area contributed by atoms with E-state index in [1.807, 2.05) is 30.3 Å². The number of para-hydroxylation sites is 1. The number of fused-ring (bicyclic) bond motifs is 4. The van der Waals surface area contributed by atoms with Crippen LogP contribution < -0.4 is 0 Å². The van der Waals surface area contributed by atoms with Crippen LogP contribution in [0.5, 0.6) is 0 Å². The van der Waals surface area contributed by atoms with Crippen LogP contribution in [0.2, 0.25) is 0 Å². The molecule has 0 aliphatic heterocycles. The fourth-order valence-electron chi connectivity index (χ4n) is 8.37. The topological polar surface area (TPSA) is 38.9 Å². The van der Waals surface area contributed by atoms with Crippen molar-refractivity contribution in [3.05, 3.63) is 218 Å². The van der Waals surface area contributed by atoms with Gasteiger partial charge in [-0.3, -0.25) is 0 Å². The van der Waals surface area contributed by atoms with Crippen molar-refractivity contribution < 1.29 is 4.42 Å². The van der Waals surface area contributed by atoms with Gasteiger partial charge in [-0.15, -0.1) is 0 Å². The van der Waals surface area contributed by atoms with Crippen LogP contribution in [-0.2, 0) is 0 Å². The Balaban J connectivity index is 1.15. The second-order valence-electron chi connectivity index (χ2n) is 15.0. The second kappa shape index (κ2) is 14.6. The van der Waals surface area contributed by atoms with Crippen molar-refractivity contribution in [1.29, 1.82) is 0 Å².